The summed E-state index contributed by atoms with van der Waals surface area (Å²) >= 11 is 1.63. The maximum atomic E-state index is 5.29. The second-order valence-corrected chi connectivity index (χ2v) is 3.86. The summed E-state index contributed by atoms with van der Waals surface area (Å²) in [5.74, 6) is 0. The molecule has 0 aliphatic heterocycles. The summed E-state index contributed by atoms with van der Waals surface area (Å²) in [6, 6.07) is 0.325. The Morgan fingerprint density at radius 3 is 3.00 bits per heavy atom. The van der Waals surface area contributed by atoms with Gasteiger partial charge >= 0.3 is 0 Å². The molecule has 1 rings (SSSR count). The first-order chi connectivity index (χ1) is 6.22. The van der Waals surface area contributed by atoms with Crippen LogP contribution in [0.4, 0.5) is 5.13 Å². The van der Waals surface area contributed by atoms with E-state index in [1.807, 2.05) is 19.2 Å². The summed E-state index contributed by atoms with van der Waals surface area (Å²) in [4.78, 5) is 4.31. The third-order valence-electron chi connectivity index (χ3n) is 1.56. The van der Waals surface area contributed by atoms with E-state index in [1.165, 1.54) is 0 Å². The van der Waals surface area contributed by atoms with Gasteiger partial charge in [-0.3, -0.25) is 0 Å². The molecule has 3 nitrogen and oxygen atoms in total. The highest BCUT2D eigenvalue weighted by molar-refractivity contribution is 7.13. The molecule has 13 heavy (non-hydrogen) atoms. The number of thiazole rings is 1. The lowest BCUT2D eigenvalue weighted by atomic mass is 10.4. The van der Waals surface area contributed by atoms with Crippen LogP contribution in [0.1, 0.15) is 19.5 Å². The average molecular weight is 200 g/mol. The summed E-state index contributed by atoms with van der Waals surface area (Å²) in [6.45, 7) is 7.58. The Balaban J connectivity index is 2.31. The highest BCUT2D eigenvalue weighted by Gasteiger charge is 2.03. The fourth-order valence-corrected chi connectivity index (χ4v) is 1.77. The second-order valence-electron chi connectivity index (χ2n) is 3.00. The van der Waals surface area contributed by atoms with Gasteiger partial charge in [-0.05, 0) is 20.8 Å². The second kappa shape index (κ2) is 5.19. The van der Waals surface area contributed by atoms with Crippen LogP contribution in [0.3, 0.4) is 0 Å². The lowest BCUT2D eigenvalue weighted by Crippen LogP contribution is -2.21. The van der Waals surface area contributed by atoms with Crippen molar-refractivity contribution in [3.8, 4) is 0 Å². The standard InChI is InChI=1S/C9H16N2OS/c1-4-12-5-7(2)10-9-11-8(3)6-13-9/h6-7H,4-5H2,1-3H3,(H,10,11). The number of hydrogen-bond donors (Lipinski definition) is 1. The number of rotatable bonds is 5. The van der Waals surface area contributed by atoms with Gasteiger partial charge in [-0.1, -0.05) is 0 Å². The van der Waals surface area contributed by atoms with Crippen molar-refractivity contribution in [3.05, 3.63) is 11.1 Å². The summed E-state index contributed by atoms with van der Waals surface area (Å²) < 4.78 is 5.29. The zero-order valence-electron chi connectivity index (χ0n) is 8.33. The molecule has 0 amide bonds. The van der Waals surface area contributed by atoms with Crippen molar-refractivity contribution in [1.29, 1.82) is 0 Å². The zero-order chi connectivity index (χ0) is 9.68. The Labute approximate surface area is 83.1 Å². The van der Waals surface area contributed by atoms with E-state index in [9.17, 15) is 0 Å². The van der Waals surface area contributed by atoms with Crippen molar-refractivity contribution in [1.82, 2.24) is 4.98 Å². The van der Waals surface area contributed by atoms with E-state index in [-0.39, 0.29) is 0 Å². The fourth-order valence-electron chi connectivity index (χ4n) is 0.967. The molecule has 1 unspecified atom stereocenters. The first kappa shape index (κ1) is 10.5. The van der Waals surface area contributed by atoms with Gasteiger partial charge in [0.25, 0.3) is 0 Å². The molecule has 1 N–H and O–H groups in total. The van der Waals surface area contributed by atoms with Crippen LogP contribution >= 0.6 is 11.3 Å². The normalized spacial score (nSPS) is 12.8. The zero-order valence-corrected chi connectivity index (χ0v) is 9.15. The number of aromatic nitrogens is 1. The van der Waals surface area contributed by atoms with Crippen LogP contribution < -0.4 is 5.32 Å². The molecule has 1 aromatic rings. The minimum Gasteiger partial charge on any atom is -0.380 e. The van der Waals surface area contributed by atoms with Crippen LogP contribution in [0.2, 0.25) is 0 Å². The molecular weight excluding hydrogens is 184 g/mol. The smallest absolute Gasteiger partial charge is 0.183 e. The summed E-state index contributed by atoms with van der Waals surface area (Å²) in [6.07, 6.45) is 0. The van der Waals surface area contributed by atoms with E-state index in [0.29, 0.717) is 6.04 Å². The van der Waals surface area contributed by atoms with Crippen molar-refractivity contribution in [2.45, 2.75) is 26.8 Å². The summed E-state index contributed by atoms with van der Waals surface area (Å²) in [5.41, 5.74) is 1.07. The number of aryl methyl sites for hydroxylation is 1. The van der Waals surface area contributed by atoms with Crippen LogP contribution in [0.5, 0.6) is 0 Å². The van der Waals surface area contributed by atoms with Gasteiger partial charge in [-0.2, -0.15) is 0 Å². The maximum Gasteiger partial charge on any atom is 0.183 e. The van der Waals surface area contributed by atoms with Crippen LogP contribution in [-0.2, 0) is 4.74 Å². The lowest BCUT2D eigenvalue weighted by Gasteiger charge is -2.11. The lowest BCUT2D eigenvalue weighted by molar-refractivity contribution is 0.141. The number of ether oxygens (including phenoxy) is 1. The van der Waals surface area contributed by atoms with Gasteiger partial charge in [0.2, 0.25) is 0 Å². The maximum absolute atomic E-state index is 5.29. The molecule has 4 heteroatoms. The number of nitrogens with one attached hydrogen (secondary N) is 1. The molecule has 0 radical (unpaired) electrons. The summed E-state index contributed by atoms with van der Waals surface area (Å²) in [7, 11) is 0. The Morgan fingerprint density at radius 1 is 1.69 bits per heavy atom. The Bertz CT molecular complexity index is 250. The molecule has 0 saturated carbocycles. The predicted molar refractivity (Wildman–Crippen MR) is 56.4 cm³/mol. The molecule has 0 aliphatic rings. The average Bonchev–Trinajstić information content (AvgIpc) is 2.48. The molecular formula is C9H16N2OS. The van der Waals surface area contributed by atoms with Gasteiger partial charge in [0, 0.05) is 18.0 Å². The molecule has 0 aliphatic carbocycles. The number of nitrogens with zero attached hydrogens (tertiary/aromatic N) is 1. The van der Waals surface area contributed by atoms with Gasteiger partial charge in [-0.25, -0.2) is 4.98 Å². The highest BCUT2D eigenvalue weighted by Crippen LogP contribution is 2.15. The number of anilines is 1. The monoisotopic (exact) mass is 200 g/mol. The Morgan fingerprint density at radius 2 is 2.46 bits per heavy atom. The van der Waals surface area contributed by atoms with Crippen molar-refractivity contribution in [3.63, 3.8) is 0 Å². The number of hydrogen-bond acceptors (Lipinski definition) is 4. The van der Waals surface area contributed by atoms with Crippen molar-refractivity contribution in [2.75, 3.05) is 18.5 Å². The van der Waals surface area contributed by atoms with Crippen LogP contribution in [-0.4, -0.2) is 24.2 Å². The van der Waals surface area contributed by atoms with E-state index < -0.39 is 0 Å². The van der Waals surface area contributed by atoms with E-state index in [2.05, 4.69) is 17.2 Å². The molecule has 0 spiro atoms. The Hall–Kier alpha value is -0.610. The molecule has 0 fully saturated rings. The first-order valence-electron chi connectivity index (χ1n) is 4.48. The van der Waals surface area contributed by atoms with E-state index in [0.717, 1.165) is 24.0 Å². The van der Waals surface area contributed by atoms with Crippen molar-refractivity contribution in [2.24, 2.45) is 0 Å². The van der Waals surface area contributed by atoms with Gasteiger partial charge in [0.1, 0.15) is 0 Å². The highest BCUT2D eigenvalue weighted by atomic mass is 32.1. The molecule has 1 heterocycles. The topological polar surface area (TPSA) is 34.1 Å². The third kappa shape index (κ3) is 3.74. The van der Waals surface area contributed by atoms with Gasteiger partial charge in [0.15, 0.2) is 5.13 Å². The third-order valence-corrected chi connectivity index (χ3v) is 2.45. The van der Waals surface area contributed by atoms with Crippen LogP contribution in [0, 0.1) is 6.92 Å². The molecule has 74 valence electrons. The van der Waals surface area contributed by atoms with E-state index >= 15 is 0 Å². The van der Waals surface area contributed by atoms with Gasteiger partial charge < -0.3 is 10.1 Å². The minimum absolute atomic E-state index is 0.325. The quantitative estimate of drug-likeness (QED) is 0.792. The van der Waals surface area contributed by atoms with E-state index in [1.54, 1.807) is 11.3 Å². The SMILES string of the molecule is CCOCC(C)Nc1nc(C)cs1. The summed E-state index contributed by atoms with van der Waals surface area (Å²) in [5, 5.41) is 6.29. The van der Waals surface area contributed by atoms with Gasteiger partial charge in [0.05, 0.1) is 12.3 Å². The largest absolute Gasteiger partial charge is 0.380 e. The molecule has 1 aromatic heterocycles. The van der Waals surface area contributed by atoms with Crippen molar-refractivity contribution >= 4 is 16.5 Å². The molecule has 1 atom stereocenters. The molecule has 0 aromatic carbocycles. The first-order valence-corrected chi connectivity index (χ1v) is 5.36. The molecule has 0 saturated heterocycles. The van der Waals surface area contributed by atoms with Crippen LogP contribution in [0.15, 0.2) is 5.38 Å². The fraction of sp³-hybridized carbons (Fsp3) is 0.667. The predicted octanol–water partition coefficient (Wildman–Crippen LogP) is 2.29. The minimum atomic E-state index is 0.325. The Kier molecular flexibility index (Phi) is 4.18. The van der Waals surface area contributed by atoms with Crippen LogP contribution in [0.25, 0.3) is 0 Å². The van der Waals surface area contributed by atoms with Gasteiger partial charge in [-0.15, -0.1) is 11.3 Å². The molecule has 0 bridgehead atoms. The van der Waals surface area contributed by atoms with E-state index in [4.69, 9.17) is 4.74 Å². The van der Waals surface area contributed by atoms with Crippen molar-refractivity contribution < 1.29 is 4.74 Å².